The summed E-state index contributed by atoms with van der Waals surface area (Å²) in [6, 6.07) is 9.07. The van der Waals surface area contributed by atoms with Crippen LogP contribution in [0.4, 0.5) is 5.82 Å². The highest BCUT2D eigenvalue weighted by Crippen LogP contribution is 2.15. The minimum atomic E-state index is -0.300. The van der Waals surface area contributed by atoms with Gasteiger partial charge in [-0.2, -0.15) is 5.10 Å². The summed E-state index contributed by atoms with van der Waals surface area (Å²) in [7, 11) is 0. The third kappa shape index (κ3) is 1.80. The molecule has 0 spiro atoms. The van der Waals surface area contributed by atoms with E-state index in [1.807, 2.05) is 24.3 Å². The smallest absolute Gasteiger partial charge is 0.277 e. The van der Waals surface area contributed by atoms with Gasteiger partial charge in [-0.25, -0.2) is 9.97 Å². The van der Waals surface area contributed by atoms with E-state index >= 15 is 0 Å². The summed E-state index contributed by atoms with van der Waals surface area (Å²) in [6.45, 7) is 0. The molecule has 6 heteroatoms. The lowest BCUT2D eigenvalue weighted by Crippen LogP contribution is -2.13. The van der Waals surface area contributed by atoms with Gasteiger partial charge >= 0.3 is 0 Å². The standard InChI is InChI=1S/C12H9N5O/c18-12(15-10-5-6-13-7-14-10)11-8-3-1-2-4-9(8)16-17-11/h1-7H,(H,16,17)(H,13,14,15,18). The predicted molar refractivity (Wildman–Crippen MR) is 66.1 cm³/mol. The third-order valence-corrected chi connectivity index (χ3v) is 2.51. The number of aromatic amines is 1. The number of fused-ring (bicyclic) bond motifs is 1. The van der Waals surface area contributed by atoms with E-state index in [1.165, 1.54) is 6.33 Å². The fourth-order valence-corrected chi connectivity index (χ4v) is 1.68. The molecule has 3 rings (SSSR count). The topological polar surface area (TPSA) is 83.6 Å². The monoisotopic (exact) mass is 239 g/mol. The maximum Gasteiger partial charge on any atom is 0.277 e. The Bertz CT molecular complexity index is 692. The molecule has 88 valence electrons. The second kappa shape index (κ2) is 4.25. The first kappa shape index (κ1) is 10.4. The Balaban J connectivity index is 1.93. The summed E-state index contributed by atoms with van der Waals surface area (Å²) in [5.41, 5.74) is 1.18. The molecule has 0 atom stereocenters. The predicted octanol–water partition coefficient (Wildman–Crippen LogP) is 1.61. The van der Waals surface area contributed by atoms with Crippen molar-refractivity contribution in [3.05, 3.63) is 48.5 Å². The van der Waals surface area contributed by atoms with E-state index in [2.05, 4.69) is 25.5 Å². The van der Waals surface area contributed by atoms with Gasteiger partial charge in [0, 0.05) is 11.6 Å². The average Bonchev–Trinajstić information content (AvgIpc) is 2.84. The van der Waals surface area contributed by atoms with E-state index in [1.54, 1.807) is 12.3 Å². The first-order valence-electron chi connectivity index (χ1n) is 5.35. The van der Waals surface area contributed by atoms with E-state index in [9.17, 15) is 4.79 Å². The summed E-state index contributed by atoms with van der Waals surface area (Å²) in [5.74, 6) is 0.147. The number of H-pyrrole nitrogens is 1. The minimum Gasteiger partial charge on any atom is -0.305 e. The zero-order valence-corrected chi connectivity index (χ0v) is 9.29. The van der Waals surface area contributed by atoms with Gasteiger partial charge < -0.3 is 5.32 Å². The molecule has 0 radical (unpaired) electrons. The van der Waals surface area contributed by atoms with Crippen LogP contribution in [0.3, 0.4) is 0 Å². The Hall–Kier alpha value is -2.76. The Labute approximate surface area is 102 Å². The number of carbonyl (C=O) groups is 1. The Morgan fingerprint density at radius 2 is 2.11 bits per heavy atom. The zero-order valence-electron chi connectivity index (χ0n) is 9.29. The molecule has 2 aromatic heterocycles. The first-order chi connectivity index (χ1) is 8.84. The van der Waals surface area contributed by atoms with Crippen molar-refractivity contribution in [2.75, 3.05) is 5.32 Å². The number of para-hydroxylation sites is 1. The summed E-state index contributed by atoms with van der Waals surface area (Å²) >= 11 is 0. The molecular weight excluding hydrogens is 230 g/mol. The quantitative estimate of drug-likeness (QED) is 0.711. The van der Waals surface area contributed by atoms with Crippen molar-refractivity contribution < 1.29 is 4.79 Å². The van der Waals surface area contributed by atoms with Crippen LogP contribution in [0.15, 0.2) is 42.9 Å². The van der Waals surface area contributed by atoms with Crippen LogP contribution in [0.1, 0.15) is 10.5 Å². The molecule has 0 aliphatic carbocycles. The van der Waals surface area contributed by atoms with Crippen molar-refractivity contribution in [3.8, 4) is 0 Å². The second-order valence-electron chi connectivity index (χ2n) is 3.67. The molecule has 0 fully saturated rings. The van der Waals surface area contributed by atoms with Crippen molar-refractivity contribution in [2.24, 2.45) is 0 Å². The Kier molecular flexibility index (Phi) is 2.45. The molecule has 0 aliphatic rings. The van der Waals surface area contributed by atoms with Crippen molar-refractivity contribution in [1.82, 2.24) is 20.2 Å². The van der Waals surface area contributed by atoms with E-state index in [0.717, 1.165) is 10.9 Å². The van der Waals surface area contributed by atoms with Crippen molar-refractivity contribution in [3.63, 3.8) is 0 Å². The summed E-state index contributed by atoms with van der Waals surface area (Å²) in [4.78, 5) is 19.7. The number of carbonyl (C=O) groups excluding carboxylic acids is 1. The normalized spacial score (nSPS) is 10.4. The van der Waals surface area contributed by atoms with E-state index in [-0.39, 0.29) is 5.91 Å². The minimum absolute atomic E-state index is 0.300. The van der Waals surface area contributed by atoms with Gasteiger partial charge in [-0.1, -0.05) is 18.2 Å². The molecule has 0 aliphatic heterocycles. The van der Waals surface area contributed by atoms with Crippen LogP contribution in [-0.4, -0.2) is 26.1 Å². The van der Waals surface area contributed by atoms with Gasteiger partial charge in [-0.15, -0.1) is 0 Å². The van der Waals surface area contributed by atoms with Crippen LogP contribution in [0.5, 0.6) is 0 Å². The van der Waals surface area contributed by atoms with Crippen molar-refractivity contribution in [2.45, 2.75) is 0 Å². The summed E-state index contributed by atoms with van der Waals surface area (Å²) in [5, 5.41) is 10.3. The molecular formula is C12H9N5O. The average molecular weight is 239 g/mol. The van der Waals surface area contributed by atoms with Crippen LogP contribution >= 0.6 is 0 Å². The highest BCUT2D eigenvalue weighted by atomic mass is 16.2. The van der Waals surface area contributed by atoms with Crippen molar-refractivity contribution >= 4 is 22.6 Å². The molecule has 3 aromatic rings. The highest BCUT2D eigenvalue weighted by Gasteiger charge is 2.13. The number of amides is 1. The SMILES string of the molecule is O=C(Nc1ccncn1)c1n[nH]c2ccccc12. The molecule has 18 heavy (non-hydrogen) atoms. The molecule has 0 bridgehead atoms. The summed E-state index contributed by atoms with van der Waals surface area (Å²) in [6.07, 6.45) is 2.93. The number of hydrogen-bond donors (Lipinski definition) is 2. The largest absolute Gasteiger partial charge is 0.305 e. The van der Waals surface area contributed by atoms with E-state index < -0.39 is 0 Å². The van der Waals surface area contributed by atoms with Gasteiger partial charge in [0.2, 0.25) is 0 Å². The van der Waals surface area contributed by atoms with E-state index in [0.29, 0.717) is 11.5 Å². The van der Waals surface area contributed by atoms with Crippen LogP contribution in [-0.2, 0) is 0 Å². The molecule has 2 heterocycles. The zero-order chi connectivity index (χ0) is 12.4. The first-order valence-corrected chi connectivity index (χ1v) is 5.35. The lowest BCUT2D eigenvalue weighted by molar-refractivity contribution is 0.102. The molecule has 0 saturated heterocycles. The number of aromatic nitrogens is 4. The van der Waals surface area contributed by atoms with Gasteiger partial charge in [-0.3, -0.25) is 9.89 Å². The van der Waals surface area contributed by atoms with Gasteiger partial charge in [-0.05, 0) is 12.1 Å². The van der Waals surface area contributed by atoms with Gasteiger partial charge in [0.1, 0.15) is 12.1 Å². The lowest BCUT2D eigenvalue weighted by atomic mass is 10.2. The van der Waals surface area contributed by atoms with Gasteiger partial charge in [0.05, 0.1) is 5.52 Å². The van der Waals surface area contributed by atoms with Crippen molar-refractivity contribution in [1.29, 1.82) is 0 Å². The molecule has 1 amide bonds. The molecule has 2 N–H and O–H groups in total. The molecule has 0 unspecified atom stereocenters. The maximum atomic E-state index is 12.0. The van der Waals surface area contributed by atoms with Gasteiger partial charge in [0.25, 0.3) is 5.91 Å². The molecule has 6 nitrogen and oxygen atoms in total. The van der Waals surface area contributed by atoms with Crippen LogP contribution < -0.4 is 5.32 Å². The number of benzene rings is 1. The number of anilines is 1. The molecule has 1 aromatic carbocycles. The lowest BCUT2D eigenvalue weighted by Gasteiger charge is -2.00. The number of nitrogens with one attached hydrogen (secondary N) is 2. The molecule has 0 saturated carbocycles. The Morgan fingerprint density at radius 1 is 1.22 bits per heavy atom. The second-order valence-corrected chi connectivity index (χ2v) is 3.67. The Morgan fingerprint density at radius 3 is 2.94 bits per heavy atom. The highest BCUT2D eigenvalue weighted by molar-refractivity contribution is 6.10. The number of rotatable bonds is 2. The number of nitrogens with zero attached hydrogens (tertiary/aromatic N) is 3. The fourth-order valence-electron chi connectivity index (χ4n) is 1.68. The van der Waals surface area contributed by atoms with Crippen LogP contribution in [0.2, 0.25) is 0 Å². The summed E-state index contributed by atoms with van der Waals surface area (Å²) < 4.78 is 0. The van der Waals surface area contributed by atoms with Crippen LogP contribution in [0, 0.1) is 0 Å². The third-order valence-electron chi connectivity index (χ3n) is 2.51. The fraction of sp³-hybridized carbons (Fsp3) is 0. The van der Waals surface area contributed by atoms with E-state index in [4.69, 9.17) is 0 Å². The number of hydrogen-bond acceptors (Lipinski definition) is 4. The van der Waals surface area contributed by atoms with Gasteiger partial charge in [0.15, 0.2) is 5.69 Å². The van der Waals surface area contributed by atoms with Crippen LogP contribution in [0.25, 0.3) is 10.9 Å². The maximum absolute atomic E-state index is 12.0.